The van der Waals surface area contributed by atoms with Crippen LogP contribution in [0.1, 0.15) is 59.3 Å². The van der Waals surface area contributed by atoms with Crippen molar-refractivity contribution in [3.63, 3.8) is 0 Å². The molecule has 2 heterocycles. The Morgan fingerprint density at radius 3 is 2.42 bits per heavy atom. The molecule has 3 aromatic carbocycles. The lowest BCUT2D eigenvalue weighted by Gasteiger charge is -2.31. The number of aromatic nitrogens is 2. The molecule has 0 radical (unpaired) electrons. The van der Waals surface area contributed by atoms with Gasteiger partial charge in [0.25, 0.3) is 0 Å². The van der Waals surface area contributed by atoms with E-state index in [0.717, 1.165) is 40.8 Å². The maximum atomic E-state index is 14.6. The van der Waals surface area contributed by atoms with Gasteiger partial charge in [0.1, 0.15) is 0 Å². The van der Waals surface area contributed by atoms with Crippen LogP contribution in [0.2, 0.25) is 0 Å². The summed E-state index contributed by atoms with van der Waals surface area (Å²) in [4.78, 5) is 11.2. The topological polar surface area (TPSA) is 83.0 Å². The highest BCUT2D eigenvalue weighted by atomic mass is 19.1. The Morgan fingerprint density at radius 1 is 0.944 bits per heavy atom. The zero-order valence-corrected chi connectivity index (χ0v) is 19.5. The van der Waals surface area contributed by atoms with Gasteiger partial charge in [-0.05, 0) is 70.4 Å². The minimum atomic E-state index is -1.25. The van der Waals surface area contributed by atoms with Crippen molar-refractivity contribution >= 4 is 29.0 Å². The van der Waals surface area contributed by atoms with E-state index in [-0.39, 0.29) is 5.89 Å². The summed E-state index contributed by atoms with van der Waals surface area (Å²) >= 11 is 0. The number of nitrogens with one attached hydrogen (secondary N) is 3. The average Bonchev–Trinajstić information content (AvgIpc) is 3.47. The van der Waals surface area contributed by atoms with Gasteiger partial charge in [0.2, 0.25) is 5.89 Å². The van der Waals surface area contributed by atoms with Gasteiger partial charge in [0, 0.05) is 11.6 Å². The molecule has 36 heavy (non-hydrogen) atoms. The molecule has 1 aliphatic carbocycles. The van der Waals surface area contributed by atoms with Gasteiger partial charge < -0.3 is 9.84 Å². The number of hydrogen-bond donors (Lipinski definition) is 3. The number of rotatable bonds is 6. The number of aromatic amines is 1. The largest absolute Gasteiger partial charge is 0.434 e. The summed E-state index contributed by atoms with van der Waals surface area (Å²) in [5, 5.41) is 6.06. The fraction of sp³-hybridized carbons (Fsp3) is 0.172. The first-order valence-electron chi connectivity index (χ1n) is 12.1. The minimum absolute atomic E-state index is 0.224. The Morgan fingerprint density at radius 2 is 1.72 bits per heavy atom. The molecule has 7 heteroatoms. The van der Waals surface area contributed by atoms with E-state index >= 15 is 0 Å². The van der Waals surface area contributed by atoms with E-state index < -0.39 is 12.1 Å². The molecule has 6 rings (SSSR count). The zero-order chi connectivity index (χ0) is 24.5. The number of allylic oxidation sites excluding steroid dienone is 1. The van der Waals surface area contributed by atoms with Crippen molar-refractivity contribution in [2.24, 2.45) is 5.92 Å². The van der Waals surface area contributed by atoms with Gasteiger partial charge in [-0.3, -0.25) is 0 Å². The Kier molecular flexibility index (Phi) is 5.83. The number of H-pyrrole nitrogens is 1. The lowest BCUT2D eigenvalue weighted by molar-refractivity contribution is 0.314. The Labute approximate surface area is 207 Å². The third-order valence-electron chi connectivity index (χ3n) is 6.89. The van der Waals surface area contributed by atoms with Gasteiger partial charge in [0.05, 0.1) is 5.69 Å². The monoisotopic (exact) mass is 480 g/mol. The Balaban J connectivity index is 1.47. The molecule has 0 spiro atoms. The predicted molar refractivity (Wildman–Crippen MR) is 139 cm³/mol. The van der Waals surface area contributed by atoms with E-state index in [9.17, 15) is 9.18 Å². The molecule has 0 amide bonds. The molecule has 2 aliphatic rings. The standard InChI is InChI=1S/C29H25FN4O2/c30-28-23-17-22(14-15-24(23)31-33-28)27(26(20-7-4-8-20)19-5-2-1-3-6-19)21-12-9-18(10-13-21)11-16-25-32-34-29(35)36-25/h1-3,5-6,9-17,20,28,31,33H,4,7-8H2,(H,34,35)/b16-11+,27-26-. The molecule has 1 atom stereocenters. The van der Waals surface area contributed by atoms with Crippen LogP contribution >= 0.6 is 0 Å². The van der Waals surface area contributed by atoms with Crippen LogP contribution in [-0.4, -0.2) is 10.2 Å². The third kappa shape index (κ3) is 4.29. The number of nitrogens with zero attached hydrogens (tertiary/aromatic N) is 1. The van der Waals surface area contributed by atoms with Gasteiger partial charge >= 0.3 is 5.76 Å². The molecular formula is C29H25FN4O2. The summed E-state index contributed by atoms with van der Waals surface area (Å²) in [5.41, 5.74) is 13.6. The molecule has 3 N–H and O–H groups in total. The van der Waals surface area contributed by atoms with Crippen molar-refractivity contribution in [3.8, 4) is 0 Å². The van der Waals surface area contributed by atoms with Crippen molar-refractivity contribution in [1.82, 2.24) is 15.6 Å². The van der Waals surface area contributed by atoms with Gasteiger partial charge in [-0.25, -0.2) is 19.7 Å². The normalized spacial score (nSPS) is 18.0. The highest BCUT2D eigenvalue weighted by Gasteiger charge is 2.28. The van der Waals surface area contributed by atoms with Gasteiger partial charge in [-0.2, -0.15) is 0 Å². The smallest absolute Gasteiger partial charge is 0.388 e. The van der Waals surface area contributed by atoms with Gasteiger partial charge in [0.15, 0.2) is 6.30 Å². The SMILES string of the molecule is O=c1[nH]nc(/C=C/c2ccc(/C(=C(\c3ccccc3)C3CCC3)c3ccc4c(c3)C(F)NN4)cc2)o1. The zero-order valence-electron chi connectivity index (χ0n) is 19.5. The molecule has 1 aromatic heterocycles. The number of fused-ring (bicyclic) bond motifs is 1. The highest BCUT2D eigenvalue weighted by Crippen LogP contribution is 2.46. The van der Waals surface area contributed by atoms with Crippen LogP contribution < -0.4 is 16.6 Å². The first-order chi connectivity index (χ1) is 17.7. The van der Waals surface area contributed by atoms with Crippen LogP contribution in [0, 0.1) is 5.92 Å². The van der Waals surface area contributed by atoms with Crippen molar-refractivity contribution in [3.05, 3.63) is 117 Å². The highest BCUT2D eigenvalue weighted by molar-refractivity contribution is 6.00. The molecule has 1 unspecified atom stereocenters. The first-order valence-corrected chi connectivity index (χ1v) is 12.1. The summed E-state index contributed by atoms with van der Waals surface area (Å²) in [6.45, 7) is 0. The molecule has 180 valence electrons. The predicted octanol–water partition coefficient (Wildman–Crippen LogP) is 6.19. The Hall–Kier alpha value is -4.23. The van der Waals surface area contributed by atoms with Crippen molar-refractivity contribution < 1.29 is 8.81 Å². The summed E-state index contributed by atoms with van der Waals surface area (Å²) in [6.07, 6.45) is 5.74. The van der Waals surface area contributed by atoms with Gasteiger partial charge in [-0.15, -0.1) is 5.10 Å². The van der Waals surface area contributed by atoms with Crippen LogP contribution in [0.5, 0.6) is 0 Å². The van der Waals surface area contributed by atoms with Crippen molar-refractivity contribution in [1.29, 1.82) is 0 Å². The average molecular weight is 481 g/mol. The Bertz CT molecular complexity index is 1500. The van der Waals surface area contributed by atoms with E-state index in [0.29, 0.717) is 11.5 Å². The maximum absolute atomic E-state index is 14.6. The number of hydrogen-bond acceptors (Lipinski definition) is 5. The summed E-state index contributed by atoms with van der Waals surface area (Å²) < 4.78 is 19.5. The number of halogens is 1. The van der Waals surface area contributed by atoms with E-state index in [1.54, 1.807) is 6.08 Å². The second-order valence-corrected chi connectivity index (χ2v) is 9.12. The minimum Gasteiger partial charge on any atom is -0.388 e. The van der Waals surface area contributed by atoms with Crippen LogP contribution in [-0.2, 0) is 0 Å². The number of hydrazine groups is 1. The molecule has 6 nitrogen and oxygen atoms in total. The van der Waals surface area contributed by atoms with Crippen LogP contribution in [0.25, 0.3) is 23.3 Å². The van der Waals surface area contributed by atoms with Crippen molar-refractivity contribution in [2.75, 3.05) is 5.43 Å². The summed E-state index contributed by atoms with van der Waals surface area (Å²) in [6, 6.07) is 24.7. The van der Waals surface area contributed by atoms with E-state index in [4.69, 9.17) is 4.42 Å². The molecule has 0 saturated heterocycles. The maximum Gasteiger partial charge on any atom is 0.434 e. The number of benzene rings is 3. The van der Waals surface area contributed by atoms with Gasteiger partial charge in [-0.1, -0.05) is 67.1 Å². The molecular weight excluding hydrogens is 455 g/mol. The number of alkyl halides is 1. The van der Waals surface area contributed by atoms with Crippen LogP contribution in [0.4, 0.5) is 10.1 Å². The molecule has 1 fully saturated rings. The second-order valence-electron chi connectivity index (χ2n) is 9.12. The van der Waals surface area contributed by atoms with E-state index in [2.05, 4.69) is 63.5 Å². The molecule has 1 aliphatic heterocycles. The van der Waals surface area contributed by atoms with Crippen LogP contribution in [0.3, 0.4) is 0 Å². The molecule has 1 saturated carbocycles. The summed E-state index contributed by atoms with van der Waals surface area (Å²) in [7, 11) is 0. The first kappa shape index (κ1) is 22.2. The number of anilines is 1. The van der Waals surface area contributed by atoms with Crippen molar-refractivity contribution in [2.45, 2.75) is 25.6 Å². The van der Waals surface area contributed by atoms with E-state index in [1.165, 1.54) is 17.6 Å². The second kappa shape index (κ2) is 9.43. The lowest BCUT2D eigenvalue weighted by atomic mass is 9.73. The fourth-order valence-corrected chi connectivity index (χ4v) is 4.88. The van der Waals surface area contributed by atoms with Crippen LogP contribution in [0.15, 0.2) is 82.0 Å². The molecule has 0 bridgehead atoms. The third-order valence-corrected chi connectivity index (χ3v) is 6.89. The van der Waals surface area contributed by atoms with E-state index in [1.807, 2.05) is 36.4 Å². The fourth-order valence-electron chi connectivity index (χ4n) is 4.88. The summed E-state index contributed by atoms with van der Waals surface area (Å²) in [5.74, 6) is 0.0943. The molecule has 4 aromatic rings. The quantitative estimate of drug-likeness (QED) is 0.226. The lowest BCUT2D eigenvalue weighted by Crippen LogP contribution is -2.15.